The van der Waals surface area contributed by atoms with Gasteiger partial charge in [0.05, 0.1) is 12.8 Å². The molecule has 12 heteroatoms. The minimum Gasteiger partial charge on any atom is -0.467 e. The summed E-state index contributed by atoms with van der Waals surface area (Å²) in [7, 11) is 1.24. The van der Waals surface area contributed by atoms with E-state index >= 15 is 0 Å². The summed E-state index contributed by atoms with van der Waals surface area (Å²) in [6.07, 6.45) is -0.578. The van der Waals surface area contributed by atoms with Crippen LogP contribution in [0.4, 0.5) is 13.6 Å². The van der Waals surface area contributed by atoms with E-state index in [0.717, 1.165) is 11.1 Å². The molecule has 0 aliphatic rings. The molecule has 1 heterocycles. The SMILES string of the molecule is COC(=O)[C@H](Cc1ccc(-n2nnc(-c3ccc(OC(F)F)cc3)n2)cc1)NC(=O)OCc1ccccc1. The van der Waals surface area contributed by atoms with E-state index in [-0.39, 0.29) is 18.8 Å². The standard InChI is InChI=1S/C26H23F2N5O5/c1-36-24(34)22(29-26(35)37-16-18-5-3-2-4-6-18)15-17-7-11-20(12-8-17)33-31-23(30-32-33)19-9-13-21(14-10-19)38-25(27)28/h2-14,22,25H,15-16H2,1H3,(H,29,35)/t22-/m0/s1. The number of halogens is 2. The van der Waals surface area contributed by atoms with Gasteiger partial charge < -0.3 is 19.5 Å². The van der Waals surface area contributed by atoms with Crippen LogP contribution in [0.25, 0.3) is 17.1 Å². The van der Waals surface area contributed by atoms with Crippen LogP contribution in [-0.2, 0) is 27.3 Å². The van der Waals surface area contributed by atoms with Crippen molar-refractivity contribution in [2.24, 2.45) is 0 Å². The number of ether oxygens (including phenoxy) is 3. The Labute approximate surface area is 216 Å². The van der Waals surface area contributed by atoms with E-state index in [4.69, 9.17) is 9.47 Å². The average molecular weight is 523 g/mol. The lowest BCUT2D eigenvalue weighted by molar-refractivity contribution is -0.143. The fraction of sp³-hybridized carbons (Fsp3) is 0.192. The molecule has 0 aliphatic carbocycles. The van der Waals surface area contributed by atoms with Crippen molar-refractivity contribution in [3.8, 4) is 22.8 Å². The number of amides is 1. The van der Waals surface area contributed by atoms with Gasteiger partial charge in [0.1, 0.15) is 18.4 Å². The first kappa shape index (κ1) is 26.2. The highest BCUT2D eigenvalue weighted by Crippen LogP contribution is 2.21. The third-order valence-electron chi connectivity index (χ3n) is 5.35. The van der Waals surface area contributed by atoms with E-state index in [2.05, 4.69) is 25.5 Å². The molecule has 0 fully saturated rings. The maximum absolute atomic E-state index is 12.3. The summed E-state index contributed by atoms with van der Waals surface area (Å²) in [6.45, 7) is -2.84. The lowest BCUT2D eigenvalue weighted by Crippen LogP contribution is -2.43. The predicted molar refractivity (Wildman–Crippen MR) is 130 cm³/mol. The van der Waals surface area contributed by atoms with Gasteiger partial charge in [-0.3, -0.25) is 0 Å². The molecule has 0 radical (unpaired) electrons. The van der Waals surface area contributed by atoms with Gasteiger partial charge in [-0.05, 0) is 52.7 Å². The maximum Gasteiger partial charge on any atom is 0.408 e. The minimum absolute atomic E-state index is 0.0240. The number of tetrazole rings is 1. The molecule has 4 aromatic rings. The van der Waals surface area contributed by atoms with Crippen molar-refractivity contribution in [2.45, 2.75) is 25.7 Å². The Kier molecular flexibility index (Phi) is 8.54. The van der Waals surface area contributed by atoms with E-state index in [9.17, 15) is 18.4 Å². The maximum atomic E-state index is 12.3. The molecule has 38 heavy (non-hydrogen) atoms. The van der Waals surface area contributed by atoms with Crippen molar-refractivity contribution in [2.75, 3.05) is 7.11 Å². The third-order valence-corrected chi connectivity index (χ3v) is 5.35. The number of carbonyl (C=O) groups excluding carboxylic acids is 2. The molecule has 1 N–H and O–H groups in total. The average Bonchev–Trinajstić information content (AvgIpc) is 3.42. The summed E-state index contributed by atoms with van der Waals surface area (Å²) < 4.78 is 39.0. The number of hydrogen-bond donors (Lipinski definition) is 1. The first-order valence-electron chi connectivity index (χ1n) is 11.4. The number of alkyl halides is 2. The van der Waals surface area contributed by atoms with Crippen molar-refractivity contribution < 1.29 is 32.6 Å². The van der Waals surface area contributed by atoms with E-state index < -0.39 is 24.7 Å². The van der Waals surface area contributed by atoms with E-state index in [0.29, 0.717) is 17.1 Å². The first-order chi connectivity index (χ1) is 18.4. The second-order valence-electron chi connectivity index (χ2n) is 7.96. The third kappa shape index (κ3) is 7.09. The summed E-state index contributed by atoms with van der Waals surface area (Å²) in [5.74, 6) is -0.295. The lowest BCUT2D eigenvalue weighted by Gasteiger charge is -2.16. The second kappa shape index (κ2) is 12.4. The quantitative estimate of drug-likeness (QED) is 0.311. The van der Waals surface area contributed by atoms with Gasteiger partial charge in [-0.15, -0.1) is 15.0 Å². The number of nitrogens with zero attached hydrogens (tertiary/aromatic N) is 4. The number of hydrogen-bond acceptors (Lipinski definition) is 8. The lowest BCUT2D eigenvalue weighted by atomic mass is 10.1. The van der Waals surface area contributed by atoms with Crippen molar-refractivity contribution >= 4 is 12.1 Å². The van der Waals surface area contributed by atoms with Crippen molar-refractivity contribution in [1.82, 2.24) is 25.5 Å². The predicted octanol–water partition coefficient (Wildman–Crippen LogP) is 3.94. The van der Waals surface area contributed by atoms with Gasteiger partial charge >= 0.3 is 18.7 Å². The van der Waals surface area contributed by atoms with Crippen molar-refractivity contribution in [3.05, 3.63) is 90.0 Å². The molecule has 0 spiro atoms. The highest BCUT2D eigenvalue weighted by molar-refractivity contribution is 5.81. The first-order valence-corrected chi connectivity index (χ1v) is 11.4. The summed E-state index contributed by atoms with van der Waals surface area (Å²) in [4.78, 5) is 25.8. The number of carbonyl (C=O) groups is 2. The molecule has 1 atom stereocenters. The van der Waals surface area contributed by atoms with Gasteiger partial charge in [0.25, 0.3) is 0 Å². The van der Waals surface area contributed by atoms with Gasteiger partial charge in [0.2, 0.25) is 5.82 Å². The van der Waals surface area contributed by atoms with Crippen molar-refractivity contribution in [1.29, 1.82) is 0 Å². The molecule has 4 rings (SSSR count). The van der Waals surface area contributed by atoms with E-state index in [1.165, 1.54) is 24.0 Å². The molecule has 10 nitrogen and oxygen atoms in total. The topological polar surface area (TPSA) is 117 Å². The molecular formula is C26H23F2N5O5. The van der Waals surface area contributed by atoms with Crippen LogP contribution in [-0.4, -0.2) is 52.0 Å². The summed E-state index contributed by atoms with van der Waals surface area (Å²) in [5.41, 5.74) is 2.72. The monoisotopic (exact) mass is 523 g/mol. The van der Waals surface area contributed by atoms with Crippen LogP contribution < -0.4 is 10.1 Å². The Morgan fingerprint density at radius 1 is 0.947 bits per heavy atom. The van der Waals surface area contributed by atoms with Crippen LogP contribution in [0.3, 0.4) is 0 Å². The van der Waals surface area contributed by atoms with Gasteiger partial charge in [-0.2, -0.15) is 8.78 Å². The fourth-order valence-corrected chi connectivity index (χ4v) is 3.47. The van der Waals surface area contributed by atoms with Crippen LogP contribution in [0.1, 0.15) is 11.1 Å². The number of benzene rings is 3. The zero-order valence-electron chi connectivity index (χ0n) is 20.2. The number of esters is 1. The normalized spacial score (nSPS) is 11.6. The zero-order valence-corrected chi connectivity index (χ0v) is 20.2. The van der Waals surface area contributed by atoms with Crippen LogP contribution >= 0.6 is 0 Å². The van der Waals surface area contributed by atoms with Crippen LogP contribution in [0.15, 0.2) is 78.9 Å². The fourth-order valence-electron chi connectivity index (χ4n) is 3.47. The highest BCUT2D eigenvalue weighted by atomic mass is 19.3. The summed E-state index contributed by atoms with van der Waals surface area (Å²) in [6, 6.07) is 21.0. The Balaban J connectivity index is 1.38. The molecule has 0 aliphatic heterocycles. The van der Waals surface area contributed by atoms with Crippen LogP contribution in [0, 0.1) is 0 Å². The molecule has 0 unspecified atom stereocenters. The van der Waals surface area contributed by atoms with Gasteiger partial charge in [-0.1, -0.05) is 42.5 Å². The Morgan fingerprint density at radius 2 is 1.66 bits per heavy atom. The second-order valence-corrected chi connectivity index (χ2v) is 7.96. The smallest absolute Gasteiger partial charge is 0.408 e. The minimum atomic E-state index is -2.91. The molecule has 0 saturated carbocycles. The van der Waals surface area contributed by atoms with Gasteiger partial charge in [0.15, 0.2) is 0 Å². The summed E-state index contributed by atoms with van der Waals surface area (Å²) >= 11 is 0. The molecular weight excluding hydrogens is 500 g/mol. The Bertz CT molecular complexity index is 1350. The number of nitrogens with one attached hydrogen (secondary N) is 1. The van der Waals surface area contributed by atoms with Crippen LogP contribution in [0.5, 0.6) is 5.75 Å². The number of rotatable bonds is 10. The van der Waals surface area contributed by atoms with Gasteiger partial charge in [0, 0.05) is 12.0 Å². The largest absolute Gasteiger partial charge is 0.467 e. The highest BCUT2D eigenvalue weighted by Gasteiger charge is 2.23. The zero-order chi connectivity index (χ0) is 26.9. The van der Waals surface area contributed by atoms with Gasteiger partial charge in [-0.25, -0.2) is 9.59 Å². The Hall–Kier alpha value is -4.87. The molecule has 3 aromatic carbocycles. The van der Waals surface area contributed by atoms with E-state index in [1.807, 2.05) is 30.3 Å². The molecule has 0 saturated heterocycles. The van der Waals surface area contributed by atoms with Crippen molar-refractivity contribution in [3.63, 3.8) is 0 Å². The molecule has 1 amide bonds. The number of methoxy groups -OCH3 is 1. The molecule has 196 valence electrons. The molecule has 0 bridgehead atoms. The van der Waals surface area contributed by atoms with E-state index in [1.54, 1.807) is 36.4 Å². The number of alkyl carbamates (subject to hydrolysis) is 1. The van der Waals surface area contributed by atoms with Crippen LogP contribution in [0.2, 0.25) is 0 Å². The Morgan fingerprint density at radius 3 is 2.32 bits per heavy atom. The molecule has 1 aromatic heterocycles. The summed E-state index contributed by atoms with van der Waals surface area (Å²) in [5, 5.41) is 14.9. The number of aromatic nitrogens is 4.